The molecule has 5 nitrogen and oxygen atoms in total. The van der Waals surface area contributed by atoms with Gasteiger partial charge in [-0.2, -0.15) is 0 Å². The fraction of sp³-hybridized carbons (Fsp3) is 0.300. The summed E-state index contributed by atoms with van der Waals surface area (Å²) in [5.41, 5.74) is 1.10. The van der Waals surface area contributed by atoms with Crippen LogP contribution in [0.25, 0.3) is 0 Å². The van der Waals surface area contributed by atoms with E-state index in [-0.39, 0.29) is 19.0 Å². The zero-order valence-corrected chi connectivity index (χ0v) is 14.7. The first-order valence-electron chi connectivity index (χ1n) is 8.49. The molecule has 0 aromatic heterocycles. The van der Waals surface area contributed by atoms with E-state index >= 15 is 0 Å². The molecule has 6 heteroatoms. The minimum Gasteiger partial charge on any atom is -0.494 e. The molecule has 0 radical (unpaired) electrons. The number of rotatable bonds is 9. The Morgan fingerprint density at radius 1 is 1.04 bits per heavy atom. The smallest absolute Gasteiger partial charge is 0.338 e. The molecule has 0 saturated heterocycles. The van der Waals surface area contributed by atoms with Crippen molar-refractivity contribution >= 4 is 11.9 Å². The van der Waals surface area contributed by atoms with Crippen molar-refractivity contribution in [2.24, 2.45) is 0 Å². The lowest BCUT2D eigenvalue weighted by atomic mass is 10.2. The lowest BCUT2D eigenvalue weighted by molar-refractivity contribution is -0.124. The van der Waals surface area contributed by atoms with Crippen LogP contribution in [-0.4, -0.2) is 25.1 Å². The number of hydrogen-bond donors (Lipinski definition) is 1. The molecule has 0 aliphatic heterocycles. The summed E-state index contributed by atoms with van der Waals surface area (Å²) in [5, 5.41) is 2.60. The van der Waals surface area contributed by atoms with E-state index in [1.807, 2.05) is 0 Å². The van der Waals surface area contributed by atoms with Gasteiger partial charge in [-0.25, -0.2) is 9.18 Å². The Kier molecular flexibility index (Phi) is 7.61. The fourth-order valence-corrected chi connectivity index (χ4v) is 2.09. The van der Waals surface area contributed by atoms with Crippen molar-refractivity contribution in [3.05, 3.63) is 65.5 Å². The number of ether oxygens (including phenoxy) is 2. The number of carbonyl (C=O) groups is 2. The van der Waals surface area contributed by atoms with Gasteiger partial charge in [-0.1, -0.05) is 25.5 Å². The molecule has 2 rings (SSSR count). The zero-order valence-electron chi connectivity index (χ0n) is 14.7. The standard InChI is InChI=1S/C20H22FNO4/c1-2-3-12-25-18-10-6-16(7-11-18)20(24)26-14-19(23)22-13-15-4-8-17(21)9-5-15/h4-11H,2-3,12-14H2,1H3,(H,22,23). The summed E-state index contributed by atoms with van der Waals surface area (Å²) in [6.45, 7) is 2.57. The summed E-state index contributed by atoms with van der Waals surface area (Å²) in [6.07, 6.45) is 2.02. The lowest BCUT2D eigenvalue weighted by Gasteiger charge is -2.08. The average Bonchev–Trinajstić information content (AvgIpc) is 2.66. The van der Waals surface area contributed by atoms with Gasteiger partial charge in [-0.3, -0.25) is 4.79 Å². The largest absolute Gasteiger partial charge is 0.494 e. The van der Waals surface area contributed by atoms with Crippen molar-refractivity contribution < 1.29 is 23.5 Å². The summed E-state index contributed by atoms with van der Waals surface area (Å²) in [7, 11) is 0. The number of nitrogens with one attached hydrogen (secondary N) is 1. The molecule has 0 atom stereocenters. The van der Waals surface area contributed by atoms with E-state index in [0.717, 1.165) is 18.4 Å². The monoisotopic (exact) mass is 359 g/mol. The summed E-state index contributed by atoms with van der Waals surface area (Å²) in [5.74, 6) is -0.660. The molecule has 26 heavy (non-hydrogen) atoms. The molecule has 0 saturated carbocycles. The van der Waals surface area contributed by atoms with Crippen molar-refractivity contribution in [1.82, 2.24) is 5.32 Å². The van der Waals surface area contributed by atoms with Crippen LogP contribution in [0.4, 0.5) is 4.39 Å². The molecule has 0 aliphatic rings. The van der Waals surface area contributed by atoms with E-state index in [9.17, 15) is 14.0 Å². The van der Waals surface area contributed by atoms with Gasteiger partial charge < -0.3 is 14.8 Å². The maximum atomic E-state index is 12.8. The van der Waals surface area contributed by atoms with Crippen LogP contribution in [0.1, 0.15) is 35.7 Å². The Morgan fingerprint density at radius 3 is 2.38 bits per heavy atom. The zero-order chi connectivity index (χ0) is 18.8. The summed E-state index contributed by atoms with van der Waals surface area (Å²) in [4.78, 5) is 23.7. The third-order valence-corrected chi connectivity index (χ3v) is 3.59. The first-order valence-corrected chi connectivity index (χ1v) is 8.49. The minimum absolute atomic E-state index is 0.237. The van der Waals surface area contributed by atoms with Gasteiger partial charge in [0, 0.05) is 6.54 Å². The molecular weight excluding hydrogens is 337 g/mol. The highest BCUT2D eigenvalue weighted by Crippen LogP contribution is 2.13. The van der Waals surface area contributed by atoms with E-state index in [0.29, 0.717) is 17.9 Å². The van der Waals surface area contributed by atoms with Crippen LogP contribution < -0.4 is 10.1 Å². The van der Waals surface area contributed by atoms with Gasteiger partial charge in [0.05, 0.1) is 12.2 Å². The molecule has 0 unspecified atom stereocenters. The van der Waals surface area contributed by atoms with Crippen molar-refractivity contribution in [3.63, 3.8) is 0 Å². The van der Waals surface area contributed by atoms with Gasteiger partial charge >= 0.3 is 5.97 Å². The molecule has 1 N–H and O–H groups in total. The molecule has 2 aromatic carbocycles. The molecule has 0 heterocycles. The van der Waals surface area contributed by atoms with E-state index in [1.54, 1.807) is 36.4 Å². The van der Waals surface area contributed by atoms with Crippen LogP contribution in [0, 0.1) is 5.82 Å². The lowest BCUT2D eigenvalue weighted by Crippen LogP contribution is -2.28. The fourth-order valence-electron chi connectivity index (χ4n) is 2.09. The molecule has 0 aliphatic carbocycles. The van der Waals surface area contributed by atoms with Crippen LogP contribution in [0.15, 0.2) is 48.5 Å². The quantitative estimate of drug-likeness (QED) is 0.550. The maximum Gasteiger partial charge on any atom is 0.338 e. The molecule has 2 aromatic rings. The highest BCUT2D eigenvalue weighted by molar-refractivity contribution is 5.91. The third kappa shape index (κ3) is 6.55. The Bertz CT molecular complexity index is 714. The van der Waals surface area contributed by atoms with Crippen LogP contribution >= 0.6 is 0 Å². The van der Waals surface area contributed by atoms with Crippen LogP contribution in [0.3, 0.4) is 0 Å². The minimum atomic E-state index is -0.581. The first-order chi connectivity index (χ1) is 12.6. The van der Waals surface area contributed by atoms with Crippen LogP contribution in [0.2, 0.25) is 0 Å². The Labute approximate surface area is 152 Å². The number of carbonyl (C=O) groups excluding carboxylic acids is 2. The summed E-state index contributed by atoms with van der Waals surface area (Å²) >= 11 is 0. The third-order valence-electron chi connectivity index (χ3n) is 3.59. The predicted molar refractivity (Wildman–Crippen MR) is 95.4 cm³/mol. The number of benzene rings is 2. The van der Waals surface area contributed by atoms with E-state index in [1.165, 1.54) is 12.1 Å². The number of halogens is 1. The van der Waals surface area contributed by atoms with Crippen molar-refractivity contribution in [3.8, 4) is 5.75 Å². The second-order valence-electron chi connectivity index (χ2n) is 5.71. The molecule has 0 bridgehead atoms. The van der Waals surface area contributed by atoms with E-state index < -0.39 is 11.9 Å². The Morgan fingerprint density at radius 2 is 1.73 bits per heavy atom. The van der Waals surface area contributed by atoms with Crippen molar-refractivity contribution in [2.75, 3.05) is 13.2 Å². The van der Waals surface area contributed by atoms with Crippen LogP contribution in [-0.2, 0) is 16.1 Å². The van der Waals surface area contributed by atoms with Gasteiger partial charge in [0.2, 0.25) is 0 Å². The summed E-state index contributed by atoms with van der Waals surface area (Å²) in [6, 6.07) is 12.4. The van der Waals surface area contributed by atoms with Crippen LogP contribution in [0.5, 0.6) is 5.75 Å². The maximum absolute atomic E-state index is 12.8. The molecule has 0 fully saturated rings. The summed E-state index contributed by atoms with van der Waals surface area (Å²) < 4.78 is 23.3. The van der Waals surface area contributed by atoms with E-state index in [4.69, 9.17) is 9.47 Å². The normalized spacial score (nSPS) is 10.2. The Balaban J connectivity index is 1.73. The topological polar surface area (TPSA) is 64.6 Å². The Hall–Kier alpha value is -2.89. The SMILES string of the molecule is CCCCOc1ccc(C(=O)OCC(=O)NCc2ccc(F)cc2)cc1. The van der Waals surface area contributed by atoms with Crippen molar-refractivity contribution in [1.29, 1.82) is 0 Å². The van der Waals surface area contributed by atoms with Gasteiger partial charge in [0.1, 0.15) is 11.6 Å². The van der Waals surface area contributed by atoms with Gasteiger partial charge in [0.15, 0.2) is 6.61 Å². The van der Waals surface area contributed by atoms with Gasteiger partial charge in [0.25, 0.3) is 5.91 Å². The number of unbranched alkanes of at least 4 members (excludes halogenated alkanes) is 1. The number of hydrogen-bond acceptors (Lipinski definition) is 4. The molecular formula is C20H22FNO4. The van der Waals surface area contributed by atoms with Gasteiger partial charge in [-0.05, 0) is 48.4 Å². The van der Waals surface area contributed by atoms with Crippen molar-refractivity contribution in [2.45, 2.75) is 26.3 Å². The molecule has 138 valence electrons. The second kappa shape index (κ2) is 10.2. The second-order valence-corrected chi connectivity index (χ2v) is 5.71. The predicted octanol–water partition coefficient (Wildman–Crippen LogP) is 3.48. The van der Waals surface area contributed by atoms with E-state index in [2.05, 4.69) is 12.2 Å². The number of esters is 1. The number of amides is 1. The first kappa shape index (κ1) is 19.4. The highest BCUT2D eigenvalue weighted by atomic mass is 19.1. The average molecular weight is 359 g/mol. The molecule has 1 amide bonds. The van der Waals surface area contributed by atoms with Gasteiger partial charge in [-0.15, -0.1) is 0 Å². The molecule has 0 spiro atoms. The highest BCUT2D eigenvalue weighted by Gasteiger charge is 2.10.